The van der Waals surface area contributed by atoms with Gasteiger partial charge in [0.1, 0.15) is 18.1 Å². The molecule has 158 valence electrons. The van der Waals surface area contributed by atoms with E-state index >= 15 is 0 Å². The van der Waals surface area contributed by atoms with Gasteiger partial charge >= 0.3 is 12.1 Å². The molecule has 0 spiro atoms. The summed E-state index contributed by atoms with van der Waals surface area (Å²) in [6.07, 6.45) is -0.699. The molecule has 8 heteroatoms. The number of aromatic carboxylic acids is 1. The molecule has 3 N–H and O–H groups in total. The van der Waals surface area contributed by atoms with Gasteiger partial charge in [0.05, 0.1) is 5.56 Å². The number of hydrogen-bond acceptors (Lipinski definition) is 5. The van der Waals surface area contributed by atoms with Crippen molar-refractivity contribution >= 4 is 28.9 Å². The van der Waals surface area contributed by atoms with Crippen LogP contribution >= 0.6 is 0 Å². The highest BCUT2D eigenvalue weighted by Crippen LogP contribution is 2.44. The molecule has 0 aliphatic heterocycles. The molecule has 0 saturated carbocycles. The van der Waals surface area contributed by atoms with Gasteiger partial charge in [-0.1, -0.05) is 48.5 Å². The quantitative estimate of drug-likeness (QED) is 0.453. The first-order chi connectivity index (χ1) is 15.5. The highest BCUT2D eigenvalue weighted by molar-refractivity contribution is 6.01. The van der Waals surface area contributed by atoms with E-state index in [1.165, 1.54) is 12.1 Å². The second-order valence-corrected chi connectivity index (χ2v) is 7.40. The summed E-state index contributed by atoms with van der Waals surface area (Å²) in [5.74, 6) is -1.18. The lowest BCUT2D eigenvalue weighted by atomic mass is 9.98. The predicted octanol–water partition coefficient (Wildman–Crippen LogP) is 3.98. The summed E-state index contributed by atoms with van der Waals surface area (Å²) in [5.41, 5.74) is 3.77. The largest absolute Gasteiger partial charge is 0.478 e. The summed E-state index contributed by atoms with van der Waals surface area (Å²) in [4.78, 5) is 42.1. The van der Waals surface area contributed by atoms with E-state index in [4.69, 9.17) is 4.74 Å². The lowest BCUT2D eigenvalue weighted by Gasteiger charge is -2.14. The van der Waals surface area contributed by atoms with Crippen LogP contribution in [0.3, 0.4) is 0 Å². The molecule has 2 aromatic heterocycles. The van der Waals surface area contributed by atoms with Crippen molar-refractivity contribution in [3.05, 3.63) is 93.8 Å². The maximum Gasteiger partial charge on any atom is 0.412 e. The zero-order valence-electron chi connectivity index (χ0n) is 16.7. The summed E-state index contributed by atoms with van der Waals surface area (Å²) in [5, 5.41) is 12.1. The number of carboxylic acids is 1. The van der Waals surface area contributed by atoms with Crippen LogP contribution in [0.15, 0.2) is 71.5 Å². The Morgan fingerprint density at radius 2 is 1.66 bits per heavy atom. The maximum atomic E-state index is 12.4. The zero-order chi connectivity index (χ0) is 22.2. The highest BCUT2D eigenvalue weighted by atomic mass is 16.5. The summed E-state index contributed by atoms with van der Waals surface area (Å²) < 4.78 is 5.49. The molecule has 1 aliphatic carbocycles. The highest BCUT2D eigenvalue weighted by Gasteiger charge is 2.29. The van der Waals surface area contributed by atoms with Gasteiger partial charge in [0, 0.05) is 17.4 Å². The van der Waals surface area contributed by atoms with Crippen molar-refractivity contribution in [1.29, 1.82) is 0 Å². The molecule has 0 fully saturated rings. The van der Waals surface area contributed by atoms with Gasteiger partial charge in [-0.25, -0.2) is 14.6 Å². The van der Waals surface area contributed by atoms with E-state index in [0.717, 1.165) is 28.3 Å². The fourth-order valence-corrected chi connectivity index (χ4v) is 4.12. The van der Waals surface area contributed by atoms with Crippen LogP contribution in [0.5, 0.6) is 0 Å². The van der Waals surface area contributed by atoms with Crippen molar-refractivity contribution in [2.24, 2.45) is 0 Å². The molecule has 0 bridgehead atoms. The van der Waals surface area contributed by atoms with Gasteiger partial charge in [0.15, 0.2) is 0 Å². The first kappa shape index (κ1) is 19.5. The van der Waals surface area contributed by atoms with E-state index in [9.17, 15) is 19.5 Å². The van der Waals surface area contributed by atoms with Crippen LogP contribution in [-0.2, 0) is 4.74 Å². The number of amides is 1. The van der Waals surface area contributed by atoms with E-state index in [-0.39, 0.29) is 34.9 Å². The average molecular weight is 427 g/mol. The number of rotatable bonds is 4. The number of nitrogens with zero attached hydrogens (tertiary/aromatic N) is 1. The van der Waals surface area contributed by atoms with E-state index in [1.54, 1.807) is 0 Å². The lowest BCUT2D eigenvalue weighted by Crippen LogP contribution is -2.19. The van der Waals surface area contributed by atoms with Crippen LogP contribution in [-0.4, -0.2) is 33.7 Å². The Balaban J connectivity index is 1.34. The minimum Gasteiger partial charge on any atom is -0.478 e. The second-order valence-electron chi connectivity index (χ2n) is 7.40. The third kappa shape index (κ3) is 3.37. The van der Waals surface area contributed by atoms with Gasteiger partial charge in [0.25, 0.3) is 0 Å². The number of anilines is 1. The van der Waals surface area contributed by atoms with Gasteiger partial charge in [0.2, 0.25) is 5.56 Å². The molecule has 0 radical (unpaired) electrons. The molecule has 5 rings (SSSR count). The number of carbonyl (C=O) groups is 2. The summed E-state index contributed by atoms with van der Waals surface area (Å²) in [6.45, 7) is 0.146. The van der Waals surface area contributed by atoms with Gasteiger partial charge < -0.3 is 14.8 Å². The van der Waals surface area contributed by atoms with Crippen molar-refractivity contribution in [3.63, 3.8) is 0 Å². The Labute approximate surface area is 181 Å². The average Bonchev–Trinajstić information content (AvgIpc) is 3.10. The number of fused-ring (bicyclic) bond motifs is 4. The van der Waals surface area contributed by atoms with E-state index < -0.39 is 17.6 Å². The van der Waals surface area contributed by atoms with Crippen LogP contribution in [0.4, 0.5) is 10.6 Å². The van der Waals surface area contributed by atoms with Crippen molar-refractivity contribution in [3.8, 4) is 11.1 Å². The van der Waals surface area contributed by atoms with Crippen molar-refractivity contribution in [1.82, 2.24) is 9.97 Å². The van der Waals surface area contributed by atoms with Crippen LogP contribution in [0.25, 0.3) is 22.2 Å². The monoisotopic (exact) mass is 427 g/mol. The van der Waals surface area contributed by atoms with E-state index in [2.05, 4.69) is 27.4 Å². The molecule has 0 saturated heterocycles. The number of ether oxygens (including phenoxy) is 1. The summed E-state index contributed by atoms with van der Waals surface area (Å²) >= 11 is 0. The number of benzene rings is 2. The first-order valence-corrected chi connectivity index (χ1v) is 9.90. The Bertz CT molecular complexity index is 1400. The van der Waals surface area contributed by atoms with Crippen LogP contribution in [0, 0.1) is 0 Å². The molecule has 0 atom stereocenters. The lowest BCUT2D eigenvalue weighted by molar-refractivity contribution is 0.0698. The first-order valence-electron chi connectivity index (χ1n) is 9.90. The van der Waals surface area contributed by atoms with E-state index in [1.807, 2.05) is 36.4 Å². The molecule has 2 heterocycles. The van der Waals surface area contributed by atoms with Crippen molar-refractivity contribution in [2.75, 3.05) is 11.9 Å². The molecule has 32 heavy (non-hydrogen) atoms. The molecule has 8 nitrogen and oxygen atoms in total. The van der Waals surface area contributed by atoms with Gasteiger partial charge in [-0.15, -0.1) is 0 Å². The van der Waals surface area contributed by atoms with Crippen LogP contribution in [0.1, 0.15) is 27.4 Å². The zero-order valence-corrected chi connectivity index (χ0v) is 16.7. The minimum atomic E-state index is -1.24. The van der Waals surface area contributed by atoms with Crippen molar-refractivity contribution in [2.45, 2.75) is 5.92 Å². The number of nitrogens with one attached hydrogen (secondary N) is 2. The standard InChI is InChI=1S/C24H17N3O5/c28-21-11-18(23(29)30)17-9-10-20(25-22(17)27-21)26-24(31)32-12-19-15-7-3-1-5-13(15)14-6-2-4-8-16(14)19/h1-11,19H,12H2,(H,29,30)(H2,25,26,27,28,31). The molecular formula is C24H17N3O5. The maximum absolute atomic E-state index is 12.4. The number of H-pyrrole nitrogens is 1. The van der Waals surface area contributed by atoms with Crippen LogP contribution in [0.2, 0.25) is 0 Å². The number of aromatic amines is 1. The Hall–Kier alpha value is -4.46. The molecular weight excluding hydrogens is 410 g/mol. The fourth-order valence-electron chi connectivity index (χ4n) is 4.12. The van der Waals surface area contributed by atoms with Crippen molar-refractivity contribution < 1.29 is 19.4 Å². The number of pyridine rings is 2. The van der Waals surface area contributed by atoms with Gasteiger partial charge in [-0.05, 0) is 34.4 Å². The topological polar surface area (TPSA) is 121 Å². The predicted molar refractivity (Wildman–Crippen MR) is 118 cm³/mol. The smallest absolute Gasteiger partial charge is 0.412 e. The van der Waals surface area contributed by atoms with Crippen LogP contribution < -0.4 is 10.9 Å². The van der Waals surface area contributed by atoms with Gasteiger partial charge in [-0.3, -0.25) is 10.1 Å². The number of carbonyl (C=O) groups excluding carboxylic acids is 1. The molecule has 1 aliphatic rings. The molecule has 4 aromatic rings. The number of hydrogen-bond donors (Lipinski definition) is 3. The second kappa shape index (κ2) is 7.66. The number of aromatic nitrogens is 2. The fraction of sp³-hybridized carbons (Fsp3) is 0.0833. The normalized spacial score (nSPS) is 12.2. The molecule has 0 unspecified atom stereocenters. The molecule has 1 amide bonds. The molecule has 2 aromatic carbocycles. The Morgan fingerprint density at radius 1 is 1.00 bits per heavy atom. The summed E-state index contributed by atoms with van der Waals surface area (Å²) in [7, 11) is 0. The van der Waals surface area contributed by atoms with E-state index in [0.29, 0.717) is 0 Å². The number of carboxylic acid groups (broad SMARTS) is 1. The SMILES string of the molecule is O=C(Nc1ccc2c(C(=O)O)cc(=O)[nH]c2n1)OCC1c2ccccc2-c2ccccc21. The Morgan fingerprint density at radius 3 is 2.31 bits per heavy atom. The third-order valence-electron chi connectivity index (χ3n) is 5.51. The third-order valence-corrected chi connectivity index (χ3v) is 5.51. The minimum absolute atomic E-state index is 0.0614. The summed E-state index contributed by atoms with van der Waals surface area (Å²) in [6, 6.07) is 20.0. The van der Waals surface area contributed by atoms with Gasteiger partial charge in [-0.2, -0.15) is 0 Å². The Kier molecular flexibility index (Phi) is 4.67.